The number of carboxylic acids is 1. The van der Waals surface area contributed by atoms with E-state index in [1.165, 1.54) is 12.5 Å². The summed E-state index contributed by atoms with van der Waals surface area (Å²) in [6.07, 6.45) is 6.88. The Balaban J connectivity index is 1.45. The quantitative estimate of drug-likeness (QED) is 0.794. The lowest BCUT2D eigenvalue weighted by molar-refractivity contribution is 0.0692. The van der Waals surface area contributed by atoms with Crippen LogP contribution >= 0.6 is 0 Å². The fraction of sp³-hybridized carbons (Fsp3) is 0.429. The van der Waals surface area contributed by atoms with Crippen molar-refractivity contribution in [3.63, 3.8) is 0 Å². The number of ether oxygens (including phenoxy) is 1. The Labute approximate surface area is 163 Å². The molecule has 1 amide bonds. The van der Waals surface area contributed by atoms with Crippen LogP contribution in [-0.4, -0.2) is 32.7 Å². The zero-order valence-electron chi connectivity index (χ0n) is 15.5. The van der Waals surface area contributed by atoms with Crippen LogP contribution in [0.3, 0.4) is 0 Å². The Morgan fingerprint density at radius 2 is 2.00 bits per heavy atom. The average molecular weight is 381 g/mol. The van der Waals surface area contributed by atoms with E-state index in [0.29, 0.717) is 5.69 Å². The van der Waals surface area contributed by atoms with Gasteiger partial charge < -0.3 is 15.2 Å². The molecule has 2 unspecified atom stereocenters. The number of carbonyl (C=O) groups is 2. The molecule has 28 heavy (non-hydrogen) atoms. The molecular formula is C21H23N3O4. The summed E-state index contributed by atoms with van der Waals surface area (Å²) < 4.78 is 5.40. The summed E-state index contributed by atoms with van der Waals surface area (Å²) in [4.78, 5) is 32.1. The molecule has 1 aromatic carbocycles. The highest BCUT2D eigenvalue weighted by atomic mass is 16.5. The molecule has 2 atom stereocenters. The fourth-order valence-corrected chi connectivity index (χ4v) is 4.43. The number of carbonyl (C=O) groups excluding carboxylic acids is 1. The van der Waals surface area contributed by atoms with Gasteiger partial charge in [0.2, 0.25) is 0 Å². The molecule has 7 heteroatoms. The molecule has 2 aromatic rings. The van der Waals surface area contributed by atoms with Gasteiger partial charge in [0.1, 0.15) is 12.9 Å². The minimum absolute atomic E-state index is 0.00558. The van der Waals surface area contributed by atoms with Gasteiger partial charge in [0.05, 0.1) is 11.3 Å². The predicted octanol–water partition coefficient (Wildman–Crippen LogP) is 3.52. The molecule has 0 spiro atoms. The molecule has 0 radical (unpaired) electrons. The maximum atomic E-state index is 12.4. The number of carboxylic acid groups (broad SMARTS) is 1. The molecule has 2 N–H and O–H groups in total. The highest BCUT2D eigenvalue weighted by molar-refractivity contribution is 5.88. The monoisotopic (exact) mass is 381 g/mol. The molecule has 2 fully saturated rings. The second-order valence-electron chi connectivity index (χ2n) is 7.61. The van der Waals surface area contributed by atoms with Crippen LogP contribution in [0.5, 0.6) is 0 Å². The van der Waals surface area contributed by atoms with Gasteiger partial charge in [-0.05, 0) is 37.2 Å². The van der Waals surface area contributed by atoms with Gasteiger partial charge in [0.15, 0.2) is 0 Å². The number of hydrogen-bond donors (Lipinski definition) is 2. The Kier molecular flexibility index (Phi) is 4.98. The highest BCUT2D eigenvalue weighted by Gasteiger charge is 2.55. The molecule has 0 saturated heterocycles. The molecule has 1 heterocycles. The van der Waals surface area contributed by atoms with E-state index < -0.39 is 12.1 Å². The summed E-state index contributed by atoms with van der Waals surface area (Å²) >= 11 is 0. The minimum atomic E-state index is -1.01. The number of hydrogen-bond acceptors (Lipinski definition) is 5. The van der Waals surface area contributed by atoms with Crippen molar-refractivity contribution in [3.8, 4) is 0 Å². The number of aromatic nitrogens is 2. The normalized spacial score (nSPS) is 22.4. The summed E-state index contributed by atoms with van der Waals surface area (Å²) in [5, 5.41) is 12.6. The van der Waals surface area contributed by atoms with Crippen LogP contribution in [0.1, 0.15) is 59.6 Å². The standard InChI is InChI=1S/C21H23N3O4/c25-19(26)16-11-22-13-23-18(16)15-7-4-8-17(15)21(9-10-21)24-20(27)28-12-14-5-2-1-3-6-14/h1-3,5-6,11,13,15,17H,4,7-10,12H2,(H,24,27)(H,25,26). The van der Waals surface area contributed by atoms with Crippen LogP contribution < -0.4 is 5.32 Å². The van der Waals surface area contributed by atoms with E-state index in [1.807, 2.05) is 30.3 Å². The predicted molar refractivity (Wildman–Crippen MR) is 101 cm³/mol. The largest absolute Gasteiger partial charge is 0.478 e. The zero-order chi connectivity index (χ0) is 19.6. The molecule has 4 rings (SSSR count). The first kappa shape index (κ1) is 18.4. The Hall–Kier alpha value is -2.96. The Morgan fingerprint density at radius 3 is 2.71 bits per heavy atom. The van der Waals surface area contributed by atoms with Gasteiger partial charge in [0, 0.05) is 17.7 Å². The van der Waals surface area contributed by atoms with Crippen LogP contribution in [0.25, 0.3) is 0 Å². The number of aromatic carboxylic acids is 1. The van der Waals surface area contributed by atoms with Gasteiger partial charge >= 0.3 is 12.1 Å². The smallest absolute Gasteiger partial charge is 0.407 e. The van der Waals surface area contributed by atoms with Crippen LogP contribution in [0.2, 0.25) is 0 Å². The van der Waals surface area contributed by atoms with Crippen molar-refractivity contribution in [2.24, 2.45) is 5.92 Å². The SMILES string of the molecule is O=C(NC1(C2CCCC2c2ncncc2C(=O)O)CC1)OCc1ccccc1. The van der Waals surface area contributed by atoms with Gasteiger partial charge in [-0.2, -0.15) is 0 Å². The first-order chi connectivity index (χ1) is 13.6. The van der Waals surface area contributed by atoms with E-state index >= 15 is 0 Å². The third-order valence-corrected chi connectivity index (χ3v) is 5.90. The van der Waals surface area contributed by atoms with Crippen LogP contribution in [0.15, 0.2) is 42.9 Å². The lowest BCUT2D eigenvalue weighted by atomic mass is 9.83. The third-order valence-electron chi connectivity index (χ3n) is 5.90. The van der Waals surface area contributed by atoms with E-state index in [9.17, 15) is 14.7 Å². The lowest BCUT2D eigenvalue weighted by Crippen LogP contribution is -2.44. The number of alkyl carbamates (subject to hydrolysis) is 1. The highest BCUT2D eigenvalue weighted by Crippen LogP contribution is 2.55. The van der Waals surface area contributed by atoms with Crippen molar-refractivity contribution in [1.82, 2.24) is 15.3 Å². The number of amides is 1. The first-order valence-corrected chi connectivity index (χ1v) is 9.61. The molecule has 0 bridgehead atoms. The van der Waals surface area contributed by atoms with Crippen LogP contribution in [-0.2, 0) is 11.3 Å². The maximum absolute atomic E-state index is 12.4. The average Bonchev–Trinajstić information content (AvgIpc) is 3.31. The summed E-state index contributed by atoms with van der Waals surface area (Å²) in [6, 6.07) is 9.56. The second-order valence-corrected chi connectivity index (χ2v) is 7.61. The molecule has 7 nitrogen and oxygen atoms in total. The van der Waals surface area contributed by atoms with Crippen molar-refractivity contribution < 1.29 is 19.4 Å². The van der Waals surface area contributed by atoms with Gasteiger partial charge in [-0.25, -0.2) is 19.6 Å². The fourth-order valence-electron chi connectivity index (χ4n) is 4.43. The summed E-state index contributed by atoms with van der Waals surface area (Å²) in [5.41, 5.74) is 1.35. The number of benzene rings is 1. The minimum Gasteiger partial charge on any atom is -0.478 e. The summed E-state index contributed by atoms with van der Waals surface area (Å²) in [5.74, 6) is -0.850. The number of nitrogens with zero attached hydrogens (tertiary/aromatic N) is 2. The molecule has 2 aliphatic carbocycles. The third kappa shape index (κ3) is 3.69. The van der Waals surface area contributed by atoms with Gasteiger partial charge in [0.25, 0.3) is 0 Å². The van der Waals surface area contributed by atoms with Crippen molar-refractivity contribution in [3.05, 3.63) is 59.7 Å². The molecule has 0 aliphatic heterocycles. The maximum Gasteiger partial charge on any atom is 0.407 e. The molecule has 2 aliphatic rings. The molecule has 146 valence electrons. The number of nitrogens with one attached hydrogen (secondary N) is 1. The van der Waals surface area contributed by atoms with E-state index in [-0.39, 0.29) is 29.5 Å². The first-order valence-electron chi connectivity index (χ1n) is 9.61. The lowest BCUT2D eigenvalue weighted by Gasteiger charge is -2.29. The summed E-state index contributed by atoms with van der Waals surface area (Å²) in [7, 11) is 0. The van der Waals surface area contributed by atoms with Gasteiger partial charge in [-0.15, -0.1) is 0 Å². The van der Waals surface area contributed by atoms with Crippen molar-refractivity contribution in [2.45, 2.75) is 50.2 Å². The Bertz CT molecular complexity index is 867. The zero-order valence-corrected chi connectivity index (χ0v) is 15.5. The molecule has 2 saturated carbocycles. The molecule has 1 aromatic heterocycles. The Morgan fingerprint density at radius 1 is 1.21 bits per heavy atom. The van der Waals surface area contributed by atoms with Crippen LogP contribution in [0, 0.1) is 5.92 Å². The van der Waals surface area contributed by atoms with E-state index in [1.54, 1.807) is 0 Å². The second kappa shape index (κ2) is 7.58. The molecular weight excluding hydrogens is 358 g/mol. The van der Waals surface area contributed by atoms with E-state index in [0.717, 1.165) is 37.7 Å². The van der Waals surface area contributed by atoms with Crippen molar-refractivity contribution in [2.75, 3.05) is 0 Å². The van der Waals surface area contributed by atoms with Gasteiger partial charge in [-0.1, -0.05) is 36.8 Å². The van der Waals surface area contributed by atoms with E-state index in [2.05, 4.69) is 15.3 Å². The topological polar surface area (TPSA) is 101 Å². The van der Waals surface area contributed by atoms with Crippen molar-refractivity contribution in [1.29, 1.82) is 0 Å². The van der Waals surface area contributed by atoms with Crippen LogP contribution in [0.4, 0.5) is 4.79 Å². The van der Waals surface area contributed by atoms with Gasteiger partial charge in [-0.3, -0.25) is 0 Å². The summed E-state index contributed by atoms with van der Waals surface area (Å²) in [6.45, 7) is 0.228. The van der Waals surface area contributed by atoms with E-state index in [4.69, 9.17) is 4.74 Å². The van der Waals surface area contributed by atoms with Crippen molar-refractivity contribution >= 4 is 12.1 Å². The number of rotatable bonds is 6.